The standard InChI is InChI=1S/C8H4F3NOS2/c9-8(10,11)3-1-4(12)6-5(2-3)14-7(13)15-6/h1-2H,12H2. The quantitative estimate of drug-likeness (QED) is 0.731. The molecule has 2 rings (SSSR count). The molecule has 0 amide bonds. The minimum Gasteiger partial charge on any atom is -0.398 e. The van der Waals surface area contributed by atoms with Gasteiger partial charge in [0.25, 0.3) is 4.06 Å². The van der Waals surface area contributed by atoms with Gasteiger partial charge in [-0.05, 0) is 12.1 Å². The minimum absolute atomic E-state index is 0.00294. The van der Waals surface area contributed by atoms with Gasteiger partial charge in [0.2, 0.25) is 0 Å². The molecule has 7 heteroatoms. The highest BCUT2D eigenvalue weighted by molar-refractivity contribution is 7.35. The Kier molecular flexibility index (Phi) is 2.23. The van der Waals surface area contributed by atoms with Crippen molar-refractivity contribution in [3.05, 3.63) is 26.5 Å². The first kappa shape index (κ1) is 10.4. The van der Waals surface area contributed by atoms with Crippen molar-refractivity contribution in [2.24, 2.45) is 0 Å². The minimum atomic E-state index is -4.43. The third kappa shape index (κ3) is 1.84. The van der Waals surface area contributed by atoms with Crippen LogP contribution >= 0.6 is 22.7 Å². The lowest BCUT2D eigenvalue weighted by Gasteiger charge is -2.07. The predicted molar refractivity (Wildman–Crippen MR) is 55.4 cm³/mol. The molecule has 0 fully saturated rings. The van der Waals surface area contributed by atoms with Crippen LogP contribution in [-0.2, 0) is 6.18 Å². The van der Waals surface area contributed by atoms with Crippen molar-refractivity contribution in [1.29, 1.82) is 0 Å². The normalized spacial score (nSPS) is 12.2. The molecule has 0 aliphatic heterocycles. The van der Waals surface area contributed by atoms with E-state index in [0.29, 0.717) is 4.70 Å². The summed E-state index contributed by atoms with van der Waals surface area (Å²) in [5.74, 6) is 0. The Hall–Kier alpha value is -1.08. The van der Waals surface area contributed by atoms with Gasteiger partial charge in [0, 0.05) is 0 Å². The summed E-state index contributed by atoms with van der Waals surface area (Å²) in [7, 11) is 0. The molecule has 15 heavy (non-hydrogen) atoms. The molecule has 1 heterocycles. The van der Waals surface area contributed by atoms with Crippen LogP contribution in [0, 0.1) is 0 Å². The van der Waals surface area contributed by atoms with E-state index in [-0.39, 0.29) is 14.4 Å². The summed E-state index contributed by atoms with van der Waals surface area (Å²) in [6, 6.07) is 1.80. The van der Waals surface area contributed by atoms with Crippen molar-refractivity contribution >= 4 is 37.8 Å². The SMILES string of the molecule is Nc1cc(C(F)(F)F)cc2sc(=O)sc12. The lowest BCUT2D eigenvalue weighted by Crippen LogP contribution is -2.05. The van der Waals surface area contributed by atoms with E-state index in [1.165, 1.54) is 0 Å². The summed E-state index contributed by atoms with van der Waals surface area (Å²) in [4.78, 5) is 11.0. The molecule has 0 saturated carbocycles. The zero-order chi connectivity index (χ0) is 11.2. The molecule has 2 N–H and O–H groups in total. The van der Waals surface area contributed by atoms with Crippen molar-refractivity contribution in [3.8, 4) is 0 Å². The lowest BCUT2D eigenvalue weighted by molar-refractivity contribution is -0.137. The summed E-state index contributed by atoms with van der Waals surface area (Å²) in [6.45, 7) is 0. The topological polar surface area (TPSA) is 43.1 Å². The maximum absolute atomic E-state index is 12.4. The summed E-state index contributed by atoms with van der Waals surface area (Å²) < 4.78 is 37.6. The highest BCUT2D eigenvalue weighted by Gasteiger charge is 2.31. The van der Waals surface area contributed by atoms with Crippen molar-refractivity contribution in [2.45, 2.75) is 6.18 Å². The lowest BCUT2D eigenvalue weighted by atomic mass is 10.2. The number of fused-ring (bicyclic) bond motifs is 1. The Bertz CT molecular complexity index is 569. The van der Waals surface area contributed by atoms with Crippen LogP contribution in [0.3, 0.4) is 0 Å². The van der Waals surface area contributed by atoms with Gasteiger partial charge in [-0.1, -0.05) is 22.7 Å². The van der Waals surface area contributed by atoms with E-state index in [1.807, 2.05) is 0 Å². The summed E-state index contributed by atoms with van der Waals surface area (Å²) >= 11 is 1.65. The molecule has 0 unspecified atom stereocenters. The highest BCUT2D eigenvalue weighted by atomic mass is 32.2. The Balaban J connectivity index is 2.78. The second-order valence-corrected chi connectivity index (χ2v) is 5.10. The smallest absolute Gasteiger partial charge is 0.398 e. The maximum Gasteiger partial charge on any atom is 0.416 e. The van der Waals surface area contributed by atoms with E-state index in [0.717, 1.165) is 34.8 Å². The summed E-state index contributed by atoms with van der Waals surface area (Å²) in [5, 5.41) is 0. The molecule has 0 saturated heterocycles. The van der Waals surface area contributed by atoms with E-state index in [4.69, 9.17) is 5.73 Å². The average Bonchev–Trinajstić information content (AvgIpc) is 2.44. The highest BCUT2D eigenvalue weighted by Crippen LogP contribution is 2.36. The van der Waals surface area contributed by atoms with Gasteiger partial charge in [0.15, 0.2) is 0 Å². The van der Waals surface area contributed by atoms with Crippen molar-refractivity contribution in [1.82, 2.24) is 0 Å². The first-order valence-electron chi connectivity index (χ1n) is 3.78. The van der Waals surface area contributed by atoms with Crippen LogP contribution in [0.4, 0.5) is 18.9 Å². The first-order valence-corrected chi connectivity index (χ1v) is 5.41. The van der Waals surface area contributed by atoms with E-state index in [2.05, 4.69) is 0 Å². The van der Waals surface area contributed by atoms with Gasteiger partial charge < -0.3 is 5.73 Å². The fourth-order valence-corrected chi connectivity index (χ4v) is 3.18. The molecule has 2 nitrogen and oxygen atoms in total. The van der Waals surface area contributed by atoms with E-state index in [1.54, 1.807) is 0 Å². The number of hydrogen-bond donors (Lipinski definition) is 1. The number of alkyl halides is 3. The van der Waals surface area contributed by atoms with Crippen LogP contribution in [0.2, 0.25) is 0 Å². The number of hydrogen-bond acceptors (Lipinski definition) is 4. The largest absolute Gasteiger partial charge is 0.416 e. The van der Waals surface area contributed by atoms with Gasteiger partial charge >= 0.3 is 6.18 Å². The van der Waals surface area contributed by atoms with Gasteiger partial charge in [-0.3, -0.25) is 4.79 Å². The van der Waals surface area contributed by atoms with Gasteiger partial charge in [0.1, 0.15) is 0 Å². The third-order valence-corrected chi connectivity index (χ3v) is 3.95. The van der Waals surface area contributed by atoms with Gasteiger partial charge in [-0.25, -0.2) is 0 Å². The number of rotatable bonds is 0. The zero-order valence-electron chi connectivity index (χ0n) is 7.09. The number of benzene rings is 1. The zero-order valence-corrected chi connectivity index (χ0v) is 8.72. The Labute approximate surface area is 89.8 Å². The summed E-state index contributed by atoms with van der Waals surface area (Å²) in [6.07, 6.45) is -4.43. The summed E-state index contributed by atoms with van der Waals surface area (Å²) in [5.41, 5.74) is 4.63. The molecule has 0 radical (unpaired) electrons. The van der Waals surface area contributed by atoms with Crippen LogP contribution < -0.4 is 9.79 Å². The molecule has 2 aromatic rings. The van der Waals surface area contributed by atoms with Crippen molar-refractivity contribution in [2.75, 3.05) is 5.73 Å². The third-order valence-electron chi connectivity index (χ3n) is 1.79. The van der Waals surface area contributed by atoms with Crippen LogP contribution in [-0.4, -0.2) is 0 Å². The molecule has 0 spiro atoms. The monoisotopic (exact) mass is 251 g/mol. The number of nitrogens with two attached hydrogens (primary N) is 1. The molecule has 0 atom stereocenters. The fraction of sp³-hybridized carbons (Fsp3) is 0.125. The molecule has 1 aromatic heterocycles. The predicted octanol–water partition coefficient (Wildman–Crippen LogP) is 2.92. The molecule has 0 aliphatic carbocycles. The molecule has 80 valence electrons. The van der Waals surface area contributed by atoms with Gasteiger partial charge in [0.05, 0.1) is 20.7 Å². The van der Waals surface area contributed by atoms with Crippen LogP contribution in [0.5, 0.6) is 0 Å². The van der Waals surface area contributed by atoms with Crippen molar-refractivity contribution < 1.29 is 13.2 Å². The Morgan fingerprint density at radius 2 is 1.87 bits per heavy atom. The average molecular weight is 251 g/mol. The van der Waals surface area contributed by atoms with Crippen molar-refractivity contribution in [3.63, 3.8) is 0 Å². The molecular weight excluding hydrogens is 247 g/mol. The molecule has 0 aliphatic rings. The van der Waals surface area contributed by atoms with Crippen LogP contribution in [0.1, 0.15) is 5.56 Å². The van der Waals surface area contributed by atoms with Crippen LogP contribution in [0.15, 0.2) is 16.9 Å². The maximum atomic E-state index is 12.4. The second-order valence-electron chi connectivity index (χ2n) is 2.84. The van der Waals surface area contributed by atoms with E-state index >= 15 is 0 Å². The molecular formula is C8H4F3NOS2. The van der Waals surface area contributed by atoms with Gasteiger partial charge in [-0.2, -0.15) is 13.2 Å². The number of anilines is 1. The molecule has 1 aromatic carbocycles. The Morgan fingerprint density at radius 1 is 1.20 bits per heavy atom. The molecule has 0 bridgehead atoms. The van der Waals surface area contributed by atoms with Gasteiger partial charge in [-0.15, -0.1) is 0 Å². The first-order chi connectivity index (χ1) is 6.88. The van der Waals surface area contributed by atoms with E-state index in [9.17, 15) is 18.0 Å². The number of nitrogen functional groups attached to an aromatic ring is 1. The Morgan fingerprint density at radius 3 is 2.47 bits per heavy atom. The van der Waals surface area contributed by atoms with Crippen LogP contribution in [0.25, 0.3) is 9.40 Å². The second kappa shape index (κ2) is 3.21. The fourth-order valence-electron chi connectivity index (χ4n) is 1.17. The van der Waals surface area contributed by atoms with E-state index < -0.39 is 11.7 Å². The number of halogens is 3.